The molecule has 1 aliphatic heterocycles. The van der Waals surface area contributed by atoms with Gasteiger partial charge in [-0.2, -0.15) is 0 Å². The second-order valence-electron chi connectivity index (χ2n) is 7.04. The van der Waals surface area contributed by atoms with E-state index in [4.69, 9.17) is 16.6 Å². The van der Waals surface area contributed by atoms with Crippen molar-refractivity contribution in [2.24, 2.45) is 11.5 Å². The van der Waals surface area contributed by atoms with Gasteiger partial charge in [0.05, 0.1) is 12.5 Å². The molecule has 0 bridgehead atoms. The summed E-state index contributed by atoms with van der Waals surface area (Å²) in [5, 5.41) is 22.5. The van der Waals surface area contributed by atoms with Crippen molar-refractivity contribution in [2.75, 3.05) is 6.54 Å². The van der Waals surface area contributed by atoms with E-state index in [9.17, 15) is 33.9 Å². The Bertz CT molecular complexity index is 710. The first-order valence-electron chi connectivity index (χ1n) is 9.33. The summed E-state index contributed by atoms with van der Waals surface area (Å²) in [4.78, 5) is 71.7. The highest BCUT2D eigenvalue weighted by Gasteiger charge is 2.39. The van der Waals surface area contributed by atoms with Crippen LogP contribution in [0.5, 0.6) is 0 Å². The van der Waals surface area contributed by atoms with Crippen molar-refractivity contribution >= 4 is 35.6 Å². The van der Waals surface area contributed by atoms with Crippen molar-refractivity contribution in [1.29, 1.82) is 0 Å². The van der Waals surface area contributed by atoms with E-state index < -0.39 is 72.6 Å². The molecule has 0 aromatic heterocycles. The number of carboxylic acids is 2. The van der Waals surface area contributed by atoms with Gasteiger partial charge in [0.15, 0.2) is 0 Å². The summed E-state index contributed by atoms with van der Waals surface area (Å²) in [5.74, 6) is -5.65. The molecule has 1 heterocycles. The van der Waals surface area contributed by atoms with Crippen molar-refractivity contribution in [3.8, 4) is 0 Å². The van der Waals surface area contributed by atoms with Gasteiger partial charge in [-0.15, -0.1) is 0 Å². The molecule has 13 heteroatoms. The lowest BCUT2D eigenvalue weighted by atomic mass is 10.1. The van der Waals surface area contributed by atoms with Gasteiger partial charge in [0, 0.05) is 13.0 Å². The zero-order chi connectivity index (χ0) is 23.0. The average molecular weight is 429 g/mol. The number of primary amides is 1. The minimum atomic E-state index is -1.44. The molecule has 0 spiro atoms. The number of nitrogens with one attached hydrogen (secondary N) is 2. The Morgan fingerprint density at radius 3 is 2.23 bits per heavy atom. The number of rotatable bonds is 11. The maximum atomic E-state index is 12.9. The topological polar surface area (TPSA) is 222 Å². The van der Waals surface area contributed by atoms with Gasteiger partial charge in [-0.3, -0.25) is 24.0 Å². The summed E-state index contributed by atoms with van der Waals surface area (Å²) < 4.78 is 0. The van der Waals surface area contributed by atoms with Crippen molar-refractivity contribution in [1.82, 2.24) is 15.5 Å². The van der Waals surface area contributed by atoms with E-state index in [-0.39, 0.29) is 19.4 Å². The van der Waals surface area contributed by atoms with Crippen LogP contribution < -0.4 is 22.1 Å². The largest absolute Gasteiger partial charge is 0.481 e. The molecule has 0 aliphatic carbocycles. The molecule has 13 nitrogen and oxygen atoms in total. The van der Waals surface area contributed by atoms with Crippen LogP contribution in [-0.2, 0) is 28.8 Å². The number of carbonyl (C=O) groups is 6. The van der Waals surface area contributed by atoms with Crippen molar-refractivity contribution in [3.63, 3.8) is 0 Å². The van der Waals surface area contributed by atoms with Crippen LogP contribution in [0.25, 0.3) is 0 Å². The quantitative estimate of drug-likeness (QED) is 0.198. The van der Waals surface area contributed by atoms with Crippen molar-refractivity contribution in [3.05, 3.63) is 0 Å². The molecule has 1 rings (SSSR count). The number of nitrogens with zero attached hydrogens (tertiary/aromatic N) is 1. The number of amides is 4. The summed E-state index contributed by atoms with van der Waals surface area (Å²) in [6.07, 6.45) is -0.631. The summed E-state index contributed by atoms with van der Waals surface area (Å²) in [6, 6.07) is -4.75. The fourth-order valence-corrected chi connectivity index (χ4v) is 3.00. The summed E-state index contributed by atoms with van der Waals surface area (Å²) in [6.45, 7) is 1.53. The first-order valence-corrected chi connectivity index (χ1v) is 9.33. The minimum Gasteiger partial charge on any atom is -0.481 e. The van der Waals surface area contributed by atoms with Gasteiger partial charge >= 0.3 is 11.9 Å². The van der Waals surface area contributed by atoms with Crippen LogP contribution >= 0.6 is 0 Å². The Hall–Kier alpha value is -3.22. The molecule has 4 unspecified atom stereocenters. The van der Waals surface area contributed by atoms with Gasteiger partial charge in [0.2, 0.25) is 23.6 Å². The van der Waals surface area contributed by atoms with Crippen molar-refractivity contribution < 1.29 is 39.0 Å². The summed E-state index contributed by atoms with van der Waals surface area (Å²) >= 11 is 0. The van der Waals surface area contributed by atoms with Crippen LogP contribution in [0.15, 0.2) is 0 Å². The highest BCUT2D eigenvalue weighted by atomic mass is 16.4. The Morgan fingerprint density at radius 2 is 1.73 bits per heavy atom. The van der Waals surface area contributed by atoms with Gasteiger partial charge < -0.3 is 37.2 Å². The van der Waals surface area contributed by atoms with Gasteiger partial charge in [0.1, 0.15) is 18.1 Å². The molecule has 0 aromatic rings. The highest BCUT2D eigenvalue weighted by Crippen LogP contribution is 2.20. The Morgan fingerprint density at radius 1 is 1.10 bits per heavy atom. The SMILES string of the molecule is CC(N)C(=O)NC(CC(N)=O)C(=O)N1CCCC1C(=O)NC(CCC(=O)O)C(=O)O. The van der Waals surface area contributed by atoms with Crippen LogP contribution in [0.2, 0.25) is 0 Å². The van der Waals surface area contributed by atoms with Crippen LogP contribution in [0.4, 0.5) is 0 Å². The minimum absolute atomic E-state index is 0.146. The lowest BCUT2D eigenvalue weighted by Gasteiger charge is -2.29. The van der Waals surface area contributed by atoms with Crippen LogP contribution in [0.3, 0.4) is 0 Å². The molecule has 0 radical (unpaired) electrons. The third kappa shape index (κ3) is 7.31. The molecular weight excluding hydrogens is 402 g/mol. The molecule has 8 N–H and O–H groups in total. The van der Waals surface area contributed by atoms with Gasteiger partial charge in [-0.1, -0.05) is 0 Å². The first kappa shape index (κ1) is 24.8. The van der Waals surface area contributed by atoms with E-state index in [2.05, 4.69) is 10.6 Å². The zero-order valence-corrected chi connectivity index (χ0v) is 16.5. The molecule has 30 heavy (non-hydrogen) atoms. The number of likely N-dealkylation sites (tertiary alicyclic amines) is 1. The number of hydrogen-bond acceptors (Lipinski definition) is 7. The highest BCUT2D eigenvalue weighted by molar-refractivity contribution is 5.96. The lowest BCUT2D eigenvalue weighted by Crippen LogP contribution is -2.57. The normalized spacial score (nSPS) is 18.7. The van der Waals surface area contributed by atoms with Gasteiger partial charge in [-0.25, -0.2) is 4.79 Å². The van der Waals surface area contributed by atoms with Gasteiger partial charge in [0.25, 0.3) is 0 Å². The van der Waals surface area contributed by atoms with E-state index in [1.165, 1.54) is 6.92 Å². The van der Waals surface area contributed by atoms with E-state index >= 15 is 0 Å². The number of aliphatic carboxylic acids is 2. The standard InChI is InChI=1S/C17H27N5O8/c1-8(18)14(26)21-10(7-12(19)23)16(28)22-6-2-3-11(22)15(27)20-9(17(29)30)4-5-13(24)25/h8-11H,2-7,18H2,1H3,(H2,19,23)(H,20,27)(H,21,26)(H,24,25)(H,29,30). The van der Waals surface area contributed by atoms with Gasteiger partial charge in [-0.05, 0) is 26.2 Å². The smallest absolute Gasteiger partial charge is 0.326 e. The first-order chi connectivity index (χ1) is 13.9. The van der Waals surface area contributed by atoms with E-state index in [0.29, 0.717) is 6.42 Å². The molecule has 168 valence electrons. The number of nitrogens with two attached hydrogens (primary N) is 2. The molecule has 4 amide bonds. The summed E-state index contributed by atoms with van der Waals surface area (Å²) in [7, 11) is 0. The molecular formula is C17H27N5O8. The molecule has 1 aliphatic rings. The van der Waals surface area contributed by atoms with E-state index in [1.54, 1.807) is 0 Å². The third-order valence-corrected chi connectivity index (χ3v) is 4.53. The molecule has 0 saturated carbocycles. The zero-order valence-electron chi connectivity index (χ0n) is 16.5. The third-order valence-electron chi connectivity index (χ3n) is 4.53. The Balaban J connectivity index is 2.92. The fraction of sp³-hybridized carbons (Fsp3) is 0.647. The monoisotopic (exact) mass is 429 g/mol. The number of carbonyl (C=O) groups excluding carboxylic acids is 4. The molecule has 4 atom stereocenters. The second kappa shape index (κ2) is 11.1. The predicted octanol–water partition coefficient (Wildman–Crippen LogP) is -2.88. The van der Waals surface area contributed by atoms with Crippen molar-refractivity contribution in [2.45, 2.75) is 63.2 Å². The van der Waals surface area contributed by atoms with Crippen LogP contribution in [0, 0.1) is 0 Å². The maximum absolute atomic E-state index is 12.9. The lowest BCUT2D eigenvalue weighted by molar-refractivity contribution is -0.146. The van der Waals surface area contributed by atoms with Crippen LogP contribution in [0.1, 0.15) is 39.0 Å². The van der Waals surface area contributed by atoms with E-state index in [1.807, 2.05) is 0 Å². The number of hydrogen-bond donors (Lipinski definition) is 6. The maximum Gasteiger partial charge on any atom is 0.326 e. The number of carboxylic acid groups (broad SMARTS) is 2. The predicted molar refractivity (Wildman–Crippen MR) is 101 cm³/mol. The average Bonchev–Trinajstić information content (AvgIpc) is 3.12. The molecule has 1 fully saturated rings. The fourth-order valence-electron chi connectivity index (χ4n) is 3.00. The molecule has 1 saturated heterocycles. The molecule has 0 aromatic carbocycles. The van der Waals surface area contributed by atoms with Crippen LogP contribution in [-0.4, -0.2) is 81.4 Å². The Kier molecular flexibility index (Phi) is 9.17. The summed E-state index contributed by atoms with van der Waals surface area (Å²) in [5.41, 5.74) is 10.6. The van der Waals surface area contributed by atoms with E-state index in [0.717, 1.165) is 4.90 Å². The second-order valence-corrected chi connectivity index (χ2v) is 7.04. The Labute approximate surface area is 172 Å².